The van der Waals surface area contributed by atoms with E-state index in [1.165, 1.54) is 0 Å². The summed E-state index contributed by atoms with van der Waals surface area (Å²) in [6.45, 7) is 6.87. The number of rotatable bonds is 2. The summed E-state index contributed by atoms with van der Waals surface area (Å²) < 4.78 is 27.8. The molecule has 0 saturated carbocycles. The van der Waals surface area contributed by atoms with Crippen molar-refractivity contribution in [3.63, 3.8) is 0 Å². The molecule has 132 valence electrons. The molecule has 5 nitrogen and oxygen atoms in total. The summed E-state index contributed by atoms with van der Waals surface area (Å²) in [5, 5.41) is 0.846. The second-order valence-corrected chi connectivity index (χ2v) is 8.97. The number of halogens is 1. The monoisotopic (exact) mass is 369 g/mol. The Morgan fingerprint density at radius 3 is 2.71 bits per heavy atom. The fourth-order valence-corrected chi connectivity index (χ4v) is 4.91. The summed E-state index contributed by atoms with van der Waals surface area (Å²) >= 11 is 0. The molecule has 24 heavy (non-hydrogen) atoms. The summed E-state index contributed by atoms with van der Waals surface area (Å²) in [7, 11) is -3.58. The van der Waals surface area contributed by atoms with E-state index in [-0.39, 0.29) is 28.8 Å². The minimum absolute atomic E-state index is 0. The van der Waals surface area contributed by atoms with Crippen molar-refractivity contribution in [2.75, 3.05) is 13.1 Å². The Morgan fingerprint density at radius 1 is 1.33 bits per heavy atom. The Morgan fingerprint density at radius 2 is 2.04 bits per heavy atom. The lowest BCUT2D eigenvalue weighted by Crippen LogP contribution is -2.53. The van der Waals surface area contributed by atoms with Crippen LogP contribution in [0.1, 0.15) is 25.8 Å². The third kappa shape index (κ3) is 3.28. The van der Waals surface area contributed by atoms with Gasteiger partial charge in [0.2, 0.25) is 10.0 Å². The van der Waals surface area contributed by atoms with Crippen LogP contribution in [0.5, 0.6) is 0 Å². The van der Waals surface area contributed by atoms with Gasteiger partial charge in [0.05, 0.1) is 5.52 Å². The molecule has 1 atom stereocenters. The van der Waals surface area contributed by atoms with Crippen LogP contribution in [0.3, 0.4) is 0 Å². The number of sulfonamides is 1. The van der Waals surface area contributed by atoms with E-state index in [2.05, 4.69) is 4.98 Å². The first kappa shape index (κ1) is 19.1. The molecule has 0 bridgehead atoms. The quantitative estimate of drug-likeness (QED) is 0.882. The number of fused-ring (bicyclic) bond motifs is 1. The smallest absolute Gasteiger partial charge is 0.245 e. The van der Waals surface area contributed by atoms with E-state index in [0.29, 0.717) is 25.0 Å². The van der Waals surface area contributed by atoms with Gasteiger partial charge < -0.3 is 5.73 Å². The second-order valence-electron chi connectivity index (χ2n) is 7.06. The zero-order chi connectivity index (χ0) is 16.8. The zero-order valence-corrected chi connectivity index (χ0v) is 15.8. The standard InChI is InChI=1S/C17H23N3O2S.ClH/c1-12-9-13-5-4-6-14(16(13)19-10-12)23(21,22)20-8-7-15(18)17(2,3)11-20;/h4-6,9-10,15H,7-8,11,18H2,1-3H3;1H. The van der Waals surface area contributed by atoms with E-state index in [4.69, 9.17) is 5.73 Å². The van der Waals surface area contributed by atoms with E-state index in [0.717, 1.165) is 10.9 Å². The predicted molar refractivity (Wildman–Crippen MR) is 98.9 cm³/mol. The first-order chi connectivity index (χ1) is 10.7. The topological polar surface area (TPSA) is 76.3 Å². The van der Waals surface area contributed by atoms with Crippen molar-refractivity contribution in [3.05, 3.63) is 36.0 Å². The van der Waals surface area contributed by atoms with Crippen LogP contribution in [-0.2, 0) is 10.0 Å². The molecular formula is C17H24ClN3O2S. The maximum absolute atomic E-state index is 13.1. The Kier molecular flexibility index (Phi) is 5.25. The highest BCUT2D eigenvalue weighted by molar-refractivity contribution is 7.89. The molecule has 2 aromatic rings. The summed E-state index contributed by atoms with van der Waals surface area (Å²) in [6.07, 6.45) is 2.38. The molecule has 1 aliphatic rings. The zero-order valence-electron chi connectivity index (χ0n) is 14.2. The summed E-state index contributed by atoms with van der Waals surface area (Å²) in [5.41, 5.74) is 7.44. The molecule has 0 amide bonds. The van der Waals surface area contributed by atoms with Crippen molar-refractivity contribution < 1.29 is 8.42 Å². The van der Waals surface area contributed by atoms with Crippen LogP contribution in [0.25, 0.3) is 10.9 Å². The van der Waals surface area contributed by atoms with Gasteiger partial charge in [-0.2, -0.15) is 4.31 Å². The molecule has 1 fully saturated rings. The van der Waals surface area contributed by atoms with Crippen LogP contribution in [0.15, 0.2) is 35.4 Å². The number of aromatic nitrogens is 1. The minimum Gasteiger partial charge on any atom is -0.327 e. The molecule has 0 aliphatic carbocycles. The van der Waals surface area contributed by atoms with Gasteiger partial charge in [-0.15, -0.1) is 12.4 Å². The molecule has 1 aromatic carbocycles. The Bertz CT molecular complexity index is 852. The van der Waals surface area contributed by atoms with Crippen molar-refractivity contribution in [2.45, 2.75) is 38.1 Å². The van der Waals surface area contributed by atoms with Crippen LogP contribution < -0.4 is 5.73 Å². The molecule has 3 rings (SSSR count). The number of piperidine rings is 1. The Balaban J connectivity index is 0.00000208. The van der Waals surface area contributed by atoms with Crippen LogP contribution >= 0.6 is 12.4 Å². The first-order valence-electron chi connectivity index (χ1n) is 7.83. The van der Waals surface area contributed by atoms with Crippen LogP contribution in [0.2, 0.25) is 0 Å². The van der Waals surface area contributed by atoms with Gasteiger partial charge in [-0.1, -0.05) is 26.0 Å². The van der Waals surface area contributed by atoms with Gasteiger partial charge in [0.1, 0.15) is 4.90 Å². The number of hydrogen-bond donors (Lipinski definition) is 1. The van der Waals surface area contributed by atoms with E-state index in [1.807, 2.05) is 32.9 Å². The van der Waals surface area contributed by atoms with E-state index < -0.39 is 10.0 Å². The van der Waals surface area contributed by atoms with Crippen molar-refractivity contribution in [1.82, 2.24) is 9.29 Å². The molecule has 2 heterocycles. The number of nitrogens with two attached hydrogens (primary N) is 1. The second kappa shape index (κ2) is 6.59. The third-order valence-electron chi connectivity index (χ3n) is 4.71. The minimum atomic E-state index is -3.58. The van der Waals surface area contributed by atoms with E-state index in [9.17, 15) is 8.42 Å². The molecule has 0 spiro atoms. The number of nitrogens with zero attached hydrogens (tertiary/aromatic N) is 2. The van der Waals surface area contributed by atoms with Crippen molar-refractivity contribution in [1.29, 1.82) is 0 Å². The van der Waals surface area contributed by atoms with Gasteiger partial charge >= 0.3 is 0 Å². The average molecular weight is 370 g/mol. The number of aryl methyl sites for hydroxylation is 1. The average Bonchev–Trinajstić information content (AvgIpc) is 2.48. The van der Waals surface area contributed by atoms with Gasteiger partial charge in [-0.05, 0) is 36.5 Å². The fraction of sp³-hybridized carbons (Fsp3) is 0.471. The fourth-order valence-electron chi connectivity index (χ4n) is 3.12. The van der Waals surface area contributed by atoms with E-state index in [1.54, 1.807) is 22.6 Å². The van der Waals surface area contributed by atoms with Gasteiger partial charge in [-0.25, -0.2) is 8.42 Å². The van der Waals surface area contributed by atoms with Crippen molar-refractivity contribution in [3.8, 4) is 0 Å². The lowest BCUT2D eigenvalue weighted by molar-refractivity contribution is 0.155. The normalized spacial score (nSPS) is 21.4. The summed E-state index contributed by atoms with van der Waals surface area (Å²) in [4.78, 5) is 4.64. The predicted octanol–water partition coefficient (Wildman–Crippen LogP) is 2.71. The van der Waals surface area contributed by atoms with Gasteiger partial charge in [0, 0.05) is 30.7 Å². The largest absolute Gasteiger partial charge is 0.327 e. The van der Waals surface area contributed by atoms with Gasteiger partial charge in [-0.3, -0.25) is 4.98 Å². The maximum Gasteiger partial charge on any atom is 0.245 e. The van der Waals surface area contributed by atoms with Crippen molar-refractivity contribution in [2.24, 2.45) is 11.1 Å². The van der Waals surface area contributed by atoms with Crippen LogP contribution in [0.4, 0.5) is 0 Å². The van der Waals surface area contributed by atoms with E-state index >= 15 is 0 Å². The lowest BCUT2D eigenvalue weighted by atomic mass is 9.81. The van der Waals surface area contributed by atoms with Gasteiger partial charge in [0.15, 0.2) is 0 Å². The van der Waals surface area contributed by atoms with Gasteiger partial charge in [0.25, 0.3) is 0 Å². The molecule has 1 aliphatic heterocycles. The highest BCUT2D eigenvalue weighted by Crippen LogP contribution is 2.32. The SMILES string of the molecule is Cc1cnc2c(S(=O)(=O)N3CCC(N)C(C)(C)C3)cccc2c1.Cl. The van der Waals surface area contributed by atoms with Crippen LogP contribution in [-0.4, -0.2) is 36.8 Å². The summed E-state index contributed by atoms with van der Waals surface area (Å²) in [5.74, 6) is 0. The van der Waals surface area contributed by atoms with Crippen LogP contribution in [0, 0.1) is 12.3 Å². The summed E-state index contributed by atoms with van der Waals surface area (Å²) in [6, 6.07) is 7.28. The highest BCUT2D eigenvalue weighted by Gasteiger charge is 2.39. The first-order valence-corrected chi connectivity index (χ1v) is 9.27. The molecule has 0 radical (unpaired) electrons. The lowest BCUT2D eigenvalue weighted by Gasteiger charge is -2.41. The Labute approximate surface area is 149 Å². The molecule has 1 unspecified atom stereocenters. The molecule has 7 heteroatoms. The number of pyridine rings is 1. The van der Waals surface area contributed by atoms with Crippen molar-refractivity contribution >= 4 is 33.3 Å². The number of para-hydroxylation sites is 1. The molecular weight excluding hydrogens is 346 g/mol. The third-order valence-corrected chi connectivity index (χ3v) is 6.58. The number of benzene rings is 1. The molecule has 1 saturated heterocycles. The maximum atomic E-state index is 13.1. The highest BCUT2D eigenvalue weighted by atomic mass is 35.5. The number of hydrogen-bond acceptors (Lipinski definition) is 4. The Hall–Kier alpha value is -1.21. The molecule has 1 aromatic heterocycles. The molecule has 2 N–H and O–H groups in total.